The predicted octanol–water partition coefficient (Wildman–Crippen LogP) is 2.39. The number of nitrogen functional groups attached to an aromatic ring is 1. The molecule has 0 spiro atoms. The molecule has 2 unspecified atom stereocenters. The highest BCUT2D eigenvalue weighted by Gasteiger charge is 2.25. The first-order chi connectivity index (χ1) is 9.54. The summed E-state index contributed by atoms with van der Waals surface area (Å²) in [5, 5.41) is 1.03. The Bertz CT molecular complexity index is 440. The zero-order valence-electron chi connectivity index (χ0n) is 12.0. The maximum Gasteiger partial charge on any atom is 0.226 e. The van der Waals surface area contributed by atoms with Crippen LogP contribution in [0.3, 0.4) is 0 Å². The van der Waals surface area contributed by atoms with Gasteiger partial charge in [-0.15, -0.1) is 0 Å². The van der Waals surface area contributed by atoms with Crippen molar-refractivity contribution in [3.8, 4) is 5.75 Å². The van der Waals surface area contributed by atoms with Crippen molar-refractivity contribution in [2.75, 3.05) is 25.4 Å². The number of carbonyl (C=O) groups is 1. The Hall–Kier alpha value is -1.36. The number of amides is 1. The van der Waals surface area contributed by atoms with Crippen LogP contribution >= 0.6 is 11.8 Å². The Morgan fingerprint density at radius 3 is 2.50 bits per heavy atom. The molecular weight excluding hydrogens is 272 g/mol. The third-order valence-corrected chi connectivity index (χ3v) is 4.46. The van der Waals surface area contributed by atoms with Crippen molar-refractivity contribution >= 4 is 23.4 Å². The van der Waals surface area contributed by atoms with Crippen LogP contribution < -0.4 is 10.5 Å². The summed E-state index contributed by atoms with van der Waals surface area (Å²) < 4.78 is 5.57. The second-order valence-electron chi connectivity index (χ2n) is 5.22. The van der Waals surface area contributed by atoms with E-state index < -0.39 is 0 Å². The largest absolute Gasteiger partial charge is 0.493 e. The van der Waals surface area contributed by atoms with Crippen molar-refractivity contribution in [1.29, 1.82) is 0 Å². The quantitative estimate of drug-likeness (QED) is 0.866. The number of carbonyl (C=O) groups excluding carboxylic acids is 1. The van der Waals surface area contributed by atoms with Gasteiger partial charge in [0.1, 0.15) is 5.75 Å². The Kier molecular flexibility index (Phi) is 5.17. The van der Waals surface area contributed by atoms with E-state index in [2.05, 4.69) is 13.8 Å². The Morgan fingerprint density at radius 1 is 1.30 bits per heavy atom. The van der Waals surface area contributed by atoms with Gasteiger partial charge in [-0.05, 0) is 24.3 Å². The van der Waals surface area contributed by atoms with Crippen LogP contribution in [0.1, 0.15) is 20.3 Å². The fraction of sp³-hybridized carbons (Fsp3) is 0.533. The highest BCUT2D eigenvalue weighted by molar-refractivity contribution is 8.00. The number of benzene rings is 1. The van der Waals surface area contributed by atoms with Crippen molar-refractivity contribution < 1.29 is 9.53 Å². The Balaban J connectivity index is 1.76. The van der Waals surface area contributed by atoms with E-state index in [1.807, 2.05) is 28.8 Å². The molecule has 2 rings (SSSR count). The Morgan fingerprint density at radius 2 is 1.90 bits per heavy atom. The zero-order chi connectivity index (χ0) is 14.5. The summed E-state index contributed by atoms with van der Waals surface area (Å²) in [7, 11) is 0. The minimum atomic E-state index is 0.180. The molecular formula is C15H22N2O2S. The summed E-state index contributed by atoms with van der Waals surface area (Å²) in [6.45, 7) is 6.44. The lowest BCUT2D eigenvalue weighted by molar-refractivity contribution is -0.131. The molecule has 0 aromatic heterocycles. The van der Waals surface area contributed by atoms with E-state index in [0.717, 1.165) is 18.8 Å². The van der Waals surface area contributed by atoms with Gasteiger partial charge in [-0.1, -0.05) is 13.8 Å². The smallest absolute Gasteiger partial charge is 0.226 e. The first-order valence-corrected chi connectivity index (χ1v) is 7.90. The van der Waals surface area contributed by atoms with Crippen LogP contribution in [0.4, 0.5) is 5.69 Å². The molecule has 0 aliphatic carbocycles. The van der Waals surface area contributed by atoms with Gasteiger partial charge >= 0.3 is 0 Å². The van der Waals surface area contributed by atoms with E-state index in [-0.39, 0.29) is 5.91 Å². The molecule has 1 saturated heterocycles. The number of ether oxygens (including phenoxy) is 1. The second-order valence-corrected chi connectivity index (χ2v) is 7.11. The van der Waals surface area contributed by atoms with Crippen molar-refractivity contribution in [2.24, 2.45) is 0 Å². The van der Waals surface area contributed by atoms with Gasteiger partial charge in [0.25, 0.3) is 0 Å². The zero-order valence-corrected chi connectivity index (χ0v) is 12.9. The maximum atomic E-state index is 12.2. The lowest BCUT2D eigenvalue weighted by Gasteiger charge is -2.34. The summed E-state index contributed by atoms with van der Waals surface area (Å²) in [5.41, 5.74) is 6.32. The van der Waals surface area contributed by atoms with Gasteiger partial charge in [-0.2, -0.15) is 11.8 Å². The molecule has 0 saturated carbocycles. The van der Waals surface area contributed by atoms with Crippen LogP contribution in [0.5, 0.6) is 5.75 Å². The first kappa shape index (κ1) is 15.0. The topological polar surface area (TPSA) is 55.6 Å². The van der Waals surface area contributed by atoms with E-state index in [1.54, 1.807) is 12.1 Å². The highest BCUT2D eigenvalue weighted by atomic mass is 32.2. The fourth-order valence-electron chi connectivity index (χ4n) is 2.36. The van der Waals surface area contributed by atoms with Gasteiger partial charge in [0, 0.05) is 29.3 Å². The molecule has 1 amide bonds. The molecule has 1 aromatic carbocycles. The molecule has 2 N–H and O–H groups in total. The van der Waals surface area contributed by atoms with Crippen LogP contribution in [0, 0.1) is 0 Å². The summed E-state index contributed by atoms with van der Waals surface area (Å²) in [4.78, 5) is 14.1. The van der Waals surface area contributed by atoms with E-state index in [4.69, 9.17) is 10.5 Å². The van der Waals surface area contributed by atoms with Crippen molar-refractivity contribution in [3.63, 3.8) is 0 Å². The number of nitrogens with two attached hydrogens (primary N) is 1. The number of nitrogens with zero attached hydrogens (tertiary/aromatic N) is 1. The molecule has 1 aliphatic rings. The standard InChI is InChI=1S/C15H22N2O2S/c1-11-9-17(10-12(2)20-11)15(18)7-8-19-14-5-3-13(16)4-6-14/h3-6,11-12H,7-10,16H2,1-2H3. The molecule has 20 heavy (non-hydrogen) atoms. The Labute approximate surface area is 124 Å². The van der Waals surface area contributed by atoms with Crippen molar-refractivity contribution in [1.82, 2.24) is 4.90 Å². The average molecular weight is 294 g/mol. The summed E-state index contributed by atoms with van der Waals surface area (Å²) >= 11 is 1.95. The normalized spacial score (nSPS) is 22.6. The van der Waals surface area contributed by atoms with E-state index in [9.17, 15) is 4.79 Å². The third kappa shape index (κ3) is 4.34. The monoisotopic (exact) mass is 294 g/mol. The SMILES string of the molecule is CC1CN(C(=O)CCOc2ccc(N)cc2)CC(C)S1. The van der Waals surface area contributed by atoms with Gasteiger partial charge in [-0.3, -0.25) is 4.79 Å². The second kappa shape index (κ2) is 6.88. The van der Waals surface area contributed by atoms with Crippen LogP contribution in [-0.2, 0) is 4.79 Å². The highest BCUT2D eigenvalue weighted by Crippen LogP contribution is 2.25. The summed E-state index contributed by atoms with van der Waals surface area (Å²) in [6.07, 6.45) is 0.425. The van der Waals surface area contributed by atoms with Crippen molar-refractivity contribution in [2.45, 2.75) is 30.8 Å². The third-order valence-electron chi connectivity index (χ3n) is 3.24. The van der Waals surface area contributed by atoms with Gasteiger partial charge < -0.3 is 15.4 Å². The molecule has 0 radical (unpaired) electrons. The van der Waals surface area contributed by atoms with Crippen LogP contribution in [0.2, 0.25) is 0 Å². The number of rotatable bonds is 4. The van der Waals surface area contributed by atoms with Crippen molar-refractivity contribution in [3.05, 3.63) is 24.3 Å². The number of thioether (sulfide) groups is 1. The number of hydrogen-bond acceptors (Lipinski definition) is 4. The van der Waals surface area contributed by atoms with Gasteiger partial charge in [-0.25, -0.2) is 0 Å². The van der Waals surface area contributed by atoms with Crippen LogP contribution in [0.25, 0.3) is 0 Å². The molecule has 1 aliphatic heterocycles. The van der Waals surface area contributed by atoms with E-state index in [0.29, 0.717) is 29.2 Å². The first-order valence-electron chi connectivity index (χ1n) is 6.96. The molecule has 5 heteroatoms. The maximum absolute atomic E-state index is 12.2. The molecule has 4 nitrogen and oxygen atoms in total. The van der Waals surface area contributed by atoms with Crippen LogP contribution in [0.15, 0.2) is 24.3 Å². The summed E-state index contributed by atoms with van der Waals surface area (Å²) in [6, 6.07) is 7.23. The molecule has 2 atom stereocenters. The predicted molar refractivity (Wildman–Crippen MR) is 84.1 cm³/mol. The van der Waals surface area contributed by atoms with Crippen LogP contribution in [-0.4, -0.2) is 41.0 Å². The number of hydrogen-bond donors (Lipinski definition) is 1. The van der Waals surface area contributed by atoms with E-state index in [1.165, 1.54) is 0 Å². The average Bonchev–Trinajstić information content (AvgIpc) is 2.40. The lowest BCUT2D eigenvalue weighted by atomic mass is 10.3. The minimum absolute atomic E-state index is 0.180. The number of anilines is 1. The van der Waals surface area contributed by atoms with Gasteiger partial charge in [0.15, 0.2) is 0 Å². The molecule has 110 valence electrons. The van der Waals surface area contributed by atoms with Gasteiger partial charge in [0.05, 0.1) is 13.0 Å². The lowest BCUT2D eigenvalue weighted by Crippen LogP contribution is -2.44. The minimum Gasteiger partial charge on any atom is -0.493 e. The fourth-order valence-corrected chi connectivity index (χ4v) is 3.69. The summed E-state index contributed by atoms with van der Waals surface area (Å²) in [5.74, 6) is 0.933. The van der Waals surface area contributed by atoms with Gasteiger partial charge in [0.2, 0.25) is 5.91 Å². The molecule has 1 aromatic rings. The molecule has 0 bridgehead atoms. The molecule has 1 fully saturated rings. The molecule has 1 heterocycles. The van der Waals surface area contributed by atoms with E-state index >= 15 is 0 Å².